The number of aliphatic imine (C=N–C) groups is 1. The van der Waals surface area contributed by atoms with Gasteiger partial charge in [-0.3, -0.25) is 0 Å². The van der Waals surface area contributed by atoms with E-state index in [-0.39, 0.29) is 35.8 Å². The molecule has 1 aromatic carbocycles. The lowest BCUT2D eigenvalue weighted by atomic mass is 10.1. The molecular weight excluding hydrogens is 484 g/mol. The van der Waals surface area contributed by atoms with E-state index < -0.39 is 0 Å². The fourth-order valence-electron chi connectivity index (χ4n) is 3.42. The third-order valence-corrected chi connectivity index (χ3v) is 4.67. The van der Waals surface area contributed by atoms with Crippen LogP contribution in [-0.4, -0.2) is 52.3 Å². The van der Waals surface area contributed by atoms with Gasteiger partial charge in [-0.2, -0.15) is 5.10 Å². The summed E-state index contributed by atoms with van der Waals surface area (Å²) >= 11 is 0. The second kappa shape index (κ2) is 10.9. The second-order valence-corrected chi connectivity index (χ2v) is 7.50. The zero-order valence-corrected chi connectivity index (χ0v) is 19.9. The number of hydrogen-bond acceptors (Lipinski definition) is 4. The number of hydrogen-bond donors (Lipinski definition) is 2. The zero-order chi connectivity index (χ0) is 20.1. The van der Waals surface area contributed by atoms with Crippen molar-refractivity contribution in [2.75, 3.05) is 20.6 Å². The van der Waals surface area contributed by atoms with Crippen molar-refractivity contribution in [3.63, 3.8) is 0 Å². The molecule has 2 heterocycles. The van der Waals surface area contributed by atoms with Gasteiger partial charge < -0.3 is 15.5 Å². The van der Waals surface area contributed by atoms with Crippen molar-refractivity contribution in [3.05, 3.63) is 46.8 Å². The van der Waals surface area contributed by atoms with E-state index in [1.165, 1.54) is 6.07 Å². The molecule has 0 amide bonds. The average molecular weight is 515 g/mol. The number of fused-ring (bicyclic) bond motifs is 1. The summed E-state index contributed by atoms with van der Waals surface area (Å²) in [6.07, 6.45) is 1.90. The molecule has 1 unspecified atom stereocenters. The Kier molecular flexibility index (Phi) is 8.81. The summed E-state index contributed by atoms with van der Waals surface area (Å²) in [5, 5.41) is 11.3. The number of aryl methyl sites for hydroxylation is 2. The van der Waals surface area contributed by atoms with Crippen LogP contribution in [0.15, 0.2) is 23.2 Å². The summed E-state index contributed by atoms with van der Waals surface area (Å²) in [7, 11) is 3.87. The molecule has 1 aliphatic rings. The van der Waals surface area contributed by atoms with Crippen LogP contribution in [-0.2, 0) is 26.1 Å². The van der Waals surface area contributed by atoms with Gasteiger partial charge in [0.15, 0.2) is 5.96 Å². The van der Waals surface area contributed by atoms with Gasteiger partial charge in [0.2, 0.25) is 0 Å². The summed E-state index contributed by atoms with van der Waals surface area (Å²) in [5.41, 5.74) is 1.69. The molecule has 2 aromatic rings. The molecule has 1 aromatic heterocycles. The Bertz CT molecular complexity index is 834. The molecule has 1 aliphatic heterocycles. The van der Waals surface area contributed by atoms with E-state index >= 15 is 0 Å². The summed E-state index contributed by atoms with van der Waals surface area (Å²) in [5.74, 6) is 2.47. The minimum atomic E-state index is -0.174. The van der Waals surface area contributed by atoms with Gasteiger partial charge in [-0.15, -0.1) is 24.0 Å². The highest BCUT2D eigenvalue weighted by Crippen LogP contribution is 2.14. The first kappa shape index (κ1) is 23.5. The molecule has 0 radical (unpaired) electrons. The Hall–Kier alpha value is -1.75. The first-order valence-electron chi connectivity index (χ1n) is 9.81. The summed E-state index contributed by atoms with van der Waals surface area (Å²) < 4.78 is 16.0. The molecule has 9 heteroatoms. The highest BCUT2D eigenvalue weighted by Gasteiger charge is 2.21. The van der Waals surface area contributed by atoms with Crippen molar-refractivity contribution in [1.82, 2.24) is 30.3 Å². The fraction of sp³-hybridized carbons (Fsp3) is 0.550. The highest BCUT2D eigenvalue weighted by molar-refractivity contribution is 14.0. The Morgan fingerprint density at radius 2 is 2.17 bits per heavy atom. The lowest BCUT2D eigenvalue weighted by Crippen LogP contribution is -2.47. The predicted molar refractivity (Wildman–Crippen MR) is 124 cm³/mol. The monoisotopic (exact) mass is 515 g/mol. The largest absolute Gasteiger partial charge is 0.357 e. The van der Waals surface area contributed by atoms with E-state index in [4.69, 9.17) is 4.99 Å². The summed E-state index contributed by atoms with van der Waals surface area (Å²) in [6, 6.07) is 5.48. The van der Waals surface area contributed by atoms with Crippen molar-refractivity contribution >= 4 is 29.9 Å². The van der Waals surface area contributed by atoms with E-state index in [9.17, 15) is 4.39 Å². The number of nitrogens with zero attached hydrogens (tertiary/aromatic N) is 5. The number of benzene rings is 1. The van der Waals surface area contributed by atoms with Crippen molar-refractivity contribution in [1.29, 1.82) is 0 Å². The molecule has 1 atom stereocenters. The summed E-state index contributed by atoms with van der Waals surface area (Å²) in [4.78, 5) is 11.1. The van der Waals surface area contributed by atoms with Gasteiger partial charge in [0, 0.05) is 31.1 Å². The van der Waals surface area contributed by atoms with Crippen LogP contribution in [0, 0.1) is 12.7 Å². The average Bonchev–Trinajstić information content (AvgIpc) is 3.01. The van der Waals surface area contributed by atoms with Crippen LogP contribution in [0.2, 0.25) is 0 Å². The van der Waals surface area contributed by atoms with Crippen molar-refractivity contribution < 1.29 is 4.39 Å². The van der Waals surface area contributed by atoms with E-state index in [2.05, 4.69) is 20.7 Å². The Balaban J connectivity index is 0.00000300. The van der Waals surface area contributed by atoms with Gasteiger partial charge in [-0.1, -0.05) is 6.07 Å². The Morgan fingerprint density at radius 1 is 1.38 bits per heavy atom. The van der Waals surface area contributed by atoms with Crippen molar-refractivity contribution in [2.24, 2.45) is 4.99 Å². The first-order chi connectivity index (χ1) is 13.4. The normalized spacial score (nSPS) is 16.3. The van der Waals surface area contributed by atoms with Crippen LogP contribution in [0.5, 0.6) is 0 Å². The molecule has 0 bridgehead atoms. The van der Waals surface area contributed by atoms with E-state index in [1.54, 1.807) is 6.07 Å². The van der Waals surface area contributed by atoms with Gasteiger partial charge >= 0.3 is 0 Å². The molecule has 0 saturated carbocycles. The minimum Gasteiger partial charge on any atom is -0.357 e. The maximum Gasteiger partial charge on any atom is 0.191 e. The van der Waals surface area contributed by atoms with Crippen LogP contribution < -0.4 is 10.6 Å². The summed E-state index contributed by atoms with van der Waals surface area (Å²) in [6.45, 7) is 6.60. The molecular formula is C20H31FIN7. The van der Waals surface area contributed by atoms with Crippen LogP contribution in [0.1, 0.15) is 36.1 Å². The second-order valence-electron chi connectivity index (χ2n) is 7.50. The predicted octanol–water partition coefficient (Wildman–Crippen LogP) is 2.48. The van der Waals surface area contributed by atoms with Crippen molar-refractivity contribution in [2.45, 2.75) is 52.4 Å². The Labute approximate surface area is 189 Å². The fourth-order valence-corrected chi connectivity index (χ4v) is 3.42. The van der Waals surface area contributed by atoms with Gasteiger partial charge in [0.05, 0.1) is 13.1 Å². The van der Waals surface area contributed by atoms with Crippen LogP contribution in [0.25, 0.3) is 0 Å². The van der Waals surface area contributed by atoms with E-state index in [0.29, 0.717) is 18.7 Å². The lowest BCUT2D eigenvalue weighted by molar-refractivity contribution is 0.392. The van der Waals surface area contributed by atoms with Gasteiger partial charge in [-0.25, -0.2) is 19.0 Å². The van der Waals surface area contributed by atoms with Gasteiger partial charge in [0.1, 0.15) is 17.5 Å². The van der Waals surface area contributed by atoms with Crippen molar-refractivity contribution in [3.8, 4) is 0 Å². The molecule has 0 fully saturated rings. The number of aromatic nitrogens is 3. The standard InChI is InChI=1S/C20H30FN7.HI/c1-5-22-20(25-17-7-9-19-24-14(2)26-28(19)13-17)23-11-15-6-8-18(21)16(10-15)12-27(3)4;/h6,8,10,17H,5,7,9,11-13H2,1-4H3,(H2,22,23,25);1H. The van der Waals surface area contributed by atoms with Gasteiger partial charge in [-0.05, 0) is 52.1 Å². The molecule has 0 aliphatic carbocycles. The quantitative estimate of drug-likeness (QED) is 0.352. The SMILES string of the molecule is CCNC(=NCc1ccc(F)c(CN(C)C)c1)NC1CCc2nc(C)nn2C1.I. The maximum atomic E-state index is 14.0. The van der Waals surface area contributed by atoms with Crippen LogP contribution >= 0.6 is 24.0 Å². The van der Waals surface area contributed by atoms with Crippen LogP contribution in [0.3, 0.4) is 0 Å². The smallest absolute Gasteiger partial charge is 0.191 e. The third kappa shape index (κ3) is 6.63. The number of rotatable bonds is 6. The highest BCUT2D eigenvalue weighted by atomic mass is 127. The first-order valence-corrected chi connectivity index (χ1v) is 9.81. The maximum absolute atomic E-state index is 14.0. The van der Waals surface area contributed by atoms with E-state index in [1.807, 2.05) is 43.6 Å². The molecule has 29 heavy (non-hydrogen) atoms. The lowest BCUT2D eigenvalue weighted by Gasteiger charge is -2.25. The molecule has 3 rings (SSSR count). The molecule has 0 saturated heterocycles. The number of halogens is 2. The minimum absolute atomic E-state index is 0. The molecule has 7 nitrogen and oxygen atoms in total. The zero-order valence-electron chi connectivity index (χ0n) is 17.6. The van der Waals surface area contributed by atoms with Gasteiger partial charge in [0.25, 0.3) is 0 Å². The Morgan fingerprint density at radius 3 is 2.90 bits per heavy atom. The van der Waals surface area contributed by atoms with E-state index in [0.717, 1.165) is 49.1 Å². The molecule has 0 spiro atoms. The molecule has 160 valence electrons. The molecule has 2 N–H and O–H groups in total. The van der Waals surface area contributed by atoms with Crippen LogP contribution in [0.4, 0.5) is 4.39 Å². The number of nitrogens with one attached hydrogen (secondary N) is 2. The topological polar surface area (TPSA) is 70.4 Å². The third-order valence-electron chi connectivity index (χ3n) is 4.67. The number of guanidine groups is 1.